The molecule has 0 bridgehead atoms. The lowest BCUT2D eigenvalue weighted by atomic mass is 10.1. The molecule has 0 saturated heterocycles. The number of aromatic nitrogens is 1. The number of aryl methyl sites for hydroxylation is 1. The van der Waals surface area contributed by atoms with E-state index in [0.29, 0.717) is 18.9 Å². The third-order valence-electron chi connectivity index (χ3n) is 1.79. The lowest BCUT2D eigenvalue weighted by molar-refractivity contribution is 0.317. The van der Waals surface area contributed by atoms with Gasteiger partial charge in [-0.3, -0.25) is 10.4 Å². The molecule has 1 N–H and O–H groups in total. The molecule has 0 radical (unpaired) electrons. The molecule has 0 unspecified atom stereocenters. The van der Waals surface area contributed by atoms with Crippen molar-refractivity contribution in [2.45, 2.75) is 20.3 Å². The maximum Gasteiger partial charge on any atom is 0.184 e. The number of nitrogens with zero attached hydrogens (tertiary/aromatic N) is 1. The minimum atomic E-state index is 0. The van der Waals surface area contributed by atoms with Crippen LogP contribution in [0.5, 0.6) is 0 Å². The molecule has 1 rings (SSSR count). The van der Waals surface area contributed by atoms with Crippen LogP contribution in [0.15, 0.2) is 18.3 Å². The van der Waals surface area contributed by atoms with Crippen LogP contribution in [0.4, 0.5) is 0 Å². The first-order valence-electron chi connectivity index (χ1n) is 4.34. The van der Waals surface area contributed by atoms with Crippen LogP contribution in [0.3, 0.4) is 0 Å². The predicted octanol–water partition coefficient (Wildman–Crippen LogP) is 2.79. The summed E-state index contributed by atoms with van der Waals surface area (Å²) in [6.07, 6.45) is 2.29. The Bertz CT molecular complexity index is 305. The zero-order valence-corrected chi connectivity index (χ0v) is 10.5. The Morgan fingerprint density at radius 1 is 1.47 bits per heavy atom. The van der Waals surface area contributed by atoms with Crippen LogP contribution in [-0.4, -0.2) is 17.5 Å². The largest absolute Gasteiger partial charge is 0.481 e. The van der Waals surface area contributed by atoms with Crippen molar-refractivity contribution in [2.75, 3.05) is 6.61 Å². The van der Waals surface area contributed by atoms with Gasteiger partial charge in [-0.25, -0.2) is 0 Å². The van der Waals surface area contributed by atoms with E-state index in [0.717, 1.165) is 11.3 Å². The Kier molecular flexibility index (Phi) is 9.42. The molecule has 0 aliphatic rings. The highest BCUT2D eigenvalue weighted by molar-refractivity contribution is 5.85. The number of hydrogen-bond acceptors (Lipinski definition) is 3. The number of rotatable bonds is 3. The summed E-state index contributed by atoms with van der Waals surface area (Å²) in [4.78, 5) is 4.14. The summed E-state index contributed by atoms with van der Waals surface area (Å²) in [7, 11) is 0. The van der Waals surface area contributed by atoms with E-state index in [1.165, 1.54) is 0 Å². The number of pyridine rings is 1. The van der Waals surface area contributed by atoms with E-state index in [1.54, 1.807) is 6.20 Å². The molecule has 0 saturated carbocycles. The number of hydrogen-bond donors (Lipinski definition) is 1. The second kappa shape index (κ2) is 8.50. The van der Waals surface area contributed by atoms with Crippen LogP contribution in [0.25, 0.3) is 0 Å². The quantitative estimate of drug-likeness (QED) is 0.663. The highest BCUT2D eigenvalue weighted by Gasteiger charge is 2.02. The van der Waals surface area contributed by atoms with Gasteiger partial charge in [0.2, 0.25) is 0 Å². The Morgan fingerprint density at radius 3 is 2.67 bits per heavy atom. The lowest BCUT2D eigenvalue weighted by Gasteiger charge is -2.06. The summed E-state index contributed by atoms with van der Waals surface area (Å²) in [6.45, 7) is 4.37. The topological polar surface area (TPSA) is 46.0 Å². The predicted molar refractivity (Wildman–Crippen MR) is 66.5 cm³/mol. The Balaban J connectivity index is 0. The maximum atomic E-state index is 7.47. The van der Waals surface area contributed by atoms with Crippen molar-refractivity contribution < 1.29 is 4.74 Å². The lowest BCUT2D eigenvalue weighted by Crippen LogP contribution is -2.07. The van der Waals surface area contributed by atoms with E-state index in [2.05, 4.69) is 4.98 Å². The second-order valence-electron chi connectivity index (χ2n) is 2.78. The molecule has 15 heavy (non-hydrogen) atoms. The second-order valence-corrected chi connectivity index (χ2v) is 2.78. The molecular weight excluding hydrogens is 235 g/mol. The van der Waals surface area contributed by atoms with Gasteiger partial charge in [0.1, 0.15) is 0 Å². The van der Waals surface area contributed by atoms with Gasteiger partial charge >= 0.3 is 0 Å². The molecule has 86 valence electrons. The number of halogens is 2. The molecule has 0 aromatic carbocycles. The van der Waals surface area contributed by atoms with Crippen LogP contribution >= 0.6 is 24.8 Å². The average Bonchev–Trinajstić information content (AvgIpc) is 2.09. The van der Waals surface area contributed by atoms with Crippen molar-refractivity contribution in [1.82, 2.24) is 4.98 Å². The fourth-order valence-electron chi connectivity index (χ4n) is 1.10. The normalized spacial score (nSPS) is 8.40. The van der Waals surface area contributed by atoms with Crippen molar-refractivity contribution in [3.63, 3.8) is 0 Å². The van der Waals surface area contributed by atoms with E-state index in [4.69, 9.17) is 10.1 Å². The third kappa shape index (κ3) is 5.60. The summed E-state index contributed by atoms with van der Waals surface area (Å²) in [5.74, 6) is 0.304. The van der Waals surface area contributed by atoms with E-state index in [1.807, 2.05) is 26.0 Å². The number of ether oxygens (including phenoxy) is 1. The van der Waals surface area contributed by atoms with Crippen LogP contribution in [0, 0.1) is 12.3 Å². The minimum absolute atomic E-state index is 0. The Hall–Kier alpha value is -0.800. The van der Waals surface area contributed by atoms with Crippen LogP contribution in [0.1, 0.15) is 18.2 Å². The molecule has 5 heteroatoms. The van der Waals surface area contributed by atoms with E-state index in [9.17, 15) is 0 Å². The Labute approximate surface area is 103 Å². The third-order valence-corrected chi connectivity index (χ3v) is 1.79. The molecule has 0 amide bonds. The van der Waals surface area contributed by atoms with Crippen molar-refractivity contribution >= 4 is 30.7 Å². The van der Waals surface area contributed by atoms with Crippen molar-refractivity contribution in [1.29, 1.82) is 5.41 Å². The molecule has 3 nitrogen and oxygen atoms in total. The summed E-state index contributed by atoms with van der Waals surface area (Å²) < 4.78 is 5.06. The molecule has 0 aliphatic heterocycles. The van der Waals surface area contributed by atoms with Crippen molar-refractivity contribution in [3.05, 3.63) is 29.6 Å². The monoisotopic (exact) mass is 250 g/mol. The smallest absolute Gasteiger partial charge is 0.184 e. The van der Waals surface area contributed by atoms with Crippen molar-refractivity contribution in [2.24, 2.45) is 0 Å². The highest BCUT2D eigenvalue weighted by atomic mass is 35.5. The van der Waals surface area contributed by atoms with E-state index in [-0.39, 0.29) is 24.8 Å². The molecule has 0 aliphatic carbocycles. The zero-order chi connectivity index (χ0) is 9.68. The first-order chi connectivity index (χ1) is 6.24. The summed E-state index contributed by atoms with van der Waals surface area (Å²) in [5.41, 5.74) is 2.02. The molecule has 1 aromatic rings. The van der Waals surface area contributed by atoms with Crippen LogP contribution in [0.2, 0.25) is 0 Å². The average molecular weight is 251 g/mol. The van der Waals surface area contributed by atoms with Gasteiger partial charge in [0, 0.05) is 11.9 Å². The first kappa shape index (κ1) is 16.6. The molecule has 0 atom stereocenters. The van der Waals surface area contributed by atoms with Gasteiger partial charge in [-0.2, -0.15) is 0 Å². The molecule has 1 aromatic heterocycles. The molecule has 0 spiro atoms. The van der Waals surface area contributed by atoms with Gasteiger partial charge in [-0.15, -0.1) is 24.8 Å². The molecular formula is C10H16Cl2N2O. The standard InChI is InChI=1S/C10H14N2O.2ClH/c1-3-13-10(11)7-9-5-4-6-12-8(9)2;;/h4-6,11H,3,7H2,1-2H3;2*1H. The van der Waals surface area contributed by atoms with Crippen LogP contribution < -0.4 is 0 Å². The van der Waals surface area contributed by atoms with E-state index < -0.39 is 0 Å². The highest BCUT2D eigenvalue weighted by Crippen LogP contribution is 2.05. The minimum Gasteiger partial charge on any atom is -0.481 e. The van der Waals surface area contributed by atoms with Gasteiger partial charge in [0.15, 0.2) is 5.90 Å². The van der Waals surface area contributed by atoms with E-state index >= 15 is 0 Å². The van der Waals surface area contributed by atoms with Gasteiger partial charge in [-0.05, 0) is 25.5 Å². The fraction of sp³-hybridized carbons (Fsp3) is 0.400. The molecule has 0 fully saturated rings. The Morgan fingerprint density at radius 2 is 2.13 bits per heavy atom. The summed E-state index contributed by atoms with van der Waals surface area (Å²) in [6, 6.07) is 3.84. The SMILES string of the molecule is CCOC(=N)Cc1cccnc1C.Cl.Cl. The number of nitrogens with one attached hydrogen (secondary N) is 1. The summed E-state index contributed by atoms with van der Waals surface area (Å²) in [5, 5.41) is 7.47. The first-order valence-corrected chi connectivity index (χ1v) is 4.34. The zero-order valence-electron chi connectivity index (χ0n) is 8.82. The van der Waals surface area contributed by atoms with Crippen molar-refractivity contribution in [3.8, 4) is 0 Å². The van der Waals surface area contributed by atoms with Gasteiger partial charge in [-0.1, -0.05) is 6.07 Å². The van der Waals surface area contributed by atoms with Gasteiger partial charge in [0.25, 0.3) is 0 Å². The summed E-state index contributed by atoms with van der Waals surface area (Å²) >= 11 is 0. The molecule has 1 heterocycles. The fourth-order valence-corrected chi connectivity index (χ4v) is 1.10. The van der Waals surface area contributed by atoms with Gasteiger partial charge < -0.3 is 4.74 Å². The van der Waals surface area contributed by atoms with Crippen LogP contribution in [-0.2, 0) is 11.2 Å². The maximum absolute atomic E-state index is 7.47. The van der Waals surface area contributed by atoms with Gasteiger partial charge in [0.05, 0.1) is 13.0 Å².